The van der Waals surface area contributed by atoms with Crippen molar-refractivity contribution in [1.29, 1.82) is 0 Å². The van der Waals surface area contributed by atoms with Crippen molar-refractivity contribution >= 4 is 50.9 Å². The molecule has 0 unspecified atom stereocenters. The van der Waals surface area contributed by atoms with Gasteiger partial charge in [-0.25, -0.2) is 0 Å². The van der Waals surface area contributed by atoms with E-state index in [1.165, 1.54) is 6.07 Å². The first-order valence-corrected chi connectivity index (χ1v) is 9.68. The van der Waals surface area contributed by atoms with Gasteiger partial charge in [0.2, 0.25) is 0 Å². The molecule has 0 aliphatic carbocycles. The molecule has 0 spiro atoms. The van der Waals surface area contributed by atoms with Crippen LogP contribution in [0.15, 0.2) is 69.9 Å². The van der Waals surface area contributed by atoms with Gasteiger partial charge in [0.25, 0.3) is 5.69 Å². The molecule has 0 radical (unpaired) electrons. The minimum absolute atomic E-state index is 0.0162. The van der Waals surface area contributed by atoms with Crippen LogP contribution in [-0.2, 0) is 0 Å². The normalized spacial score (nSPS) is 11.7. The minimum Gasteiger partial charge on any atom is -0.397 e. The number of aromatic amines is 1. The molecule has 0 saturated carbocycles. The van der Waals surface area contributed by atoms with Gasteiger partial charge in [0.05, 0.1) is 33.0 Å². The average molecular weight is 460 g/mol. The number of hydrazone groups is 1. The van der Waals surface area contributed by atoms with E-state index in [0.29, 0.717) is 39.4 Å². The van der Waals surface area contributed by atoms with E-state index in [1.54, 1.807) is 43.3 Å². The van der Waals surface area contributed by atoms with Gasteiger partial charge in [0.1, 0.15) is 22.4 Å². The molecule has 0 amide bonds. The summed E-state index contributed by atoms with van der Waals surface area (Å²) < 4.78 is 0. The Morgan fingerprint density at radius 1 is 1.06 bits per heavy atom. The Labute approximate surface area is 190 Å². The number of fused-ring (bicyclic) bond motifs is 1. The molecule has 0 fully saturated rings. The van der Waals surface area contributed by atoms with Crippen molar-refractivity contribution in [3.05, 3.63) is 80.4 Å². The van der Waals surface area contributed by atoms with E-state index in [1.807, 2.05) is 0 Å². The lowest BCUT2D eigenvalue weighted by molar-refractivity contribution is -0.393. The average Bonchev–Trinajstić information content (AvgIpc) is 3.30. The molecule has 14 heteroatoms. The number of nitrogens with one attached hydrogen (secondary N) is 2. The van der Waals surface area contributed by atoms with E-state index in [9.17, 15) is 20.2 Å². The molecule has 4 rings (SSSR count). The summed E-state index contributed by atoms with van der Waals surface area (Å²) in [6, 6.07) is 13.6. The summed E-state index contributed by atoms with van der Waals surface area (Å²) in [6.45, 7) is 1.69. The van der Waals surface area contributed by atoms with E-state index >= 15 is 0 Å². The summed E-state index contributed by atoms with van der Waals surface area (Å²) in [5.74, 6) is 0. The second-order valence-corrected chi connectivity index (χ2v) is 6.98. The number of non-ortho nitro benzene ring substituents is 1. The predicted molar refractivity (Wildman–Crippen MR) is 125 cm³/mol. The molecule has 1 heterocycles. The number of aromatic nitrogens is 3. The second kappa shape index (κ2) is 9.07. The first-order chi connectivity index (χ1) is 16.3. The van der Waals surface area contributed by atoms with Crippen LogP contribution in [0, 0.1) is 20.2 Å². The van der Waals surface area contributed by atoms with Gasteiger partial charge < -0.3 is 5.73 Å². The molecule has 1 aromatic heterocycles. The largest absolute Gasteiger partial charge is 0.397 e. The lowest BCUT2D eigenvalue weighted by Crippen LogP contribution is -2.02. The highest BCUT2D eigenvalue weighted by atomic mass is 16.6. The van der Waals surface area contributed by atoms with E-state index in [-0.39, 0.29) is 5.69 Å². The quantitative estimate of drug-likeness (QED) is 0.116. The molecule has 0 aliphatic heterocycles. The van der Waals surface area contributed by atoms with Crippen molar-refractivity contribution in [2.75, 3.05) is 11.2 Å². The number of benzene rings is 3. The Morgan fingerprint density at radius 3 is 2.65 bits per heavy atom. The van der Waals surface area contributed by atoms with Gasteiger partial charge in [-0.05, 0) is 42.8 Å². The zero-order valence-corrected chi connectivity index (χ0v) is 17.5. The molecule has 0 atom stereocenters. The summed E-state index contributed by atoms with van der Waals surface area (Å²) in [5.41, 5.74) is 11.4. The zero-order chi connectivity index (χ0) is 24.2. The maximum Gasteiger partial charge on any atom is 0.301 e. The van der Waals surface area contributed by atoms with E-state index < -0.39 is 21.2 Å². The number of nitro benzene ring substituents is 2. The molecular formula is C20H16N10O4. The van der Waals surface area contributed by atoms with Crippen LogP contribution >= 0.6 is 0 Å². The van der Waals surface area contributed by atoms with Crippen LogP contribution in [0.1, 0.15) is 12.5 Å². The van der Waals surface area contributed by atoms with Gasteiger partial charge in [0, 0.05) is 6.07 Å². The van der Waals surface area contributed by atoms with Crippen LogP contribution in [0.25, 0.3) is 11.0 Å². The summed E-state index contributed by atoms with van der Waals surface area (Å²) >= 11 is 0. The van der Waals surface area contributed by atoms with Gasteiger partial charge in [-0.15, -0.1) is 10.2 Å². The third-order valence-electron chi connectivity index (χ3n) is 4.77. The molecule has 170 valence electrons. The van der Waals surface area contributed by atoms with Gasteiger partial charge in [-0.1, -0.05) is 17.3 Å². The Hall–Kier alpha value is -5.27. The smallest absolute Gasteiger partial charge is 0.301 e. The number of H-pyrrole nitrogens is 1. The monoisotopic (exact) mass is 460 g/mol. The maximum absolute atomic E-state index is 11.3. The summed E-state index contributed by atoms with van der Waals surface area (Å²) in [7, 11) is 0. The van der Waals surface area contributed by atoms with Gasteiger partial charge in [-0.3, -0.25) is 30.8 Å². The summed E-state index contributed by atoms with van der Waals surface area (Å²) in [6.07, 6.45) is 0. The number of nitrogen functional groups attached to an aromatic ring is 1. The molecule has 3 aromatic carbocycles. The van der Waals surface area contributed by atoms with Crippen LogP contribution < -0.4 is 11.2 Å². The topological polar surface area (TPSA) is 203 Å². The zero-order valence-electron chi connectivity index (χ0n) is 17.5. The van der Waals surface area contributed by atoms with Crippen molar-refractivity contribution in [3.8, 4) is 0 Å². The standard InChI is InChI=1S/C20H16N10O4/c1-11(22-24-16-7-5-14(29(31)32)10-18(16)30(33)34)12-3-2-4-13(9-12)23-26-19-15(21)6-8-17-20(19)27-28-25-17/h2-10,24H,21H2,1H3,(H,25,27,28)/b22-11+,26-23+. The molecule has 0 saturated heterocycles. The fourth-order valence-electron chi connectivity index (χ4n) is 3.02. The Balaban J connectivity index is 1.58. The van der Waals surface area contributed by atoms with Crippen LogP contribution in [0.2, 0.25) is 0 Å². The number of nitro groups is 2. The number of nitrogens with two attached hydrogens (primary N) is 1. The molecule has 4 N–H and O–H groups in total. The van der Waals surface area contributed by atoms with E-state index in [0.717, 1.165) is 12.1 Å². The highest BCUT2D eigenvalue weighted by Gasteiger charge is 2.19. The molecule has 14 nitrogen and oxygen atoms in total. The fraction of sp³-hybridized carbons (Fsp3) is 0.0500. The molecule has 0 bridgehead atoms. The second-order valence-electron chi connectivity index (χ2n) is 6.98. The third-order valence-corrected chi connectivity index (χ3v) is 4.77. The summed E-state index contributed by atoms with van der Waals surface area (Å²) in [4.78, 5) is 20.7. The van der Waals surface area contributed by atoms with Crippen molar-refractivity contribution in [3.63, 3.8) is 0 Å². The van der Waals surface area contributed by atoms with Gasteiger partial charge in [0.15, 0.2) is 0 Å². The Kier molecular flexibility index (Phi) is 5.86. The van der Waals surface area contributed by atoms with Crippen LogP contribution in [0.4, 0.5) is 34.1 Å². The van der Waals surface area contributed by atoms with Crippen LogP contribution in [-0.4, -0.2) is 31.0 Å². The van der Waals surface area contributed by atoms with E-state index in [4.69, 9.17) is 5.73 Å². The highest BCUT2D eigenvalue weighted by Crippen LogP contribution is 2.31. The fourth-order valence-corrected chi connectivity index (χ4v) is 3.02. The number of rotatable bonds is 7. The van der Waals surface area contributed by atoms with E-state index in [2.05, 4.69) is 36.2 Å². The number of nitrogens with zero attached hydrogens (tertiary/aromatic N) is 7. The first kappa shape index (κ1) is 21.9. The van der Waals surface area contributed by atoms with Crippen molar-refractivity contribution in [2.45, 2.75) is 6.92 Å². The van der Waals surface area contributed by atoms with Crippen LogP contribution in [0.3, 0.4) is 0 Å². The lowest BCUT2D eigenvalue weighted by Gasteiger charge is -2.05. The van der Waals surface area contributed by atoms with Crippen LogP contribution in [0.5, 0.6) is 0 Å². The van der Waals surface area contributed by atoms with Gasteiger partial charge in [-0.2, -0.15) is 10.2 Å². The lowest BCUT2D eigenvalue weighted by atomic mass is 10.1. The van der Waals surface area contributed by atoms with Crippen molar-refractivity contribution in [1.82, 2.24) is 15.4 Å². The summed E-state index contributed by atoms with van der Waals surface area (Å²) in [5, 5.41) is 45.2. The minimum atomic E-state index is -0.720. The van der Waals surface area contributed by atoms with Gasteiger partial charge >= 0.3 is 5.69 Å². The van der Waals surface area contributed by atoms with Crippen molar-refractivity contribution in [2.24, 2.45) is 15.3 Å². The highest BCUT2D eigenvalue weighted by molar-refractivity contribution is 5.99. The molecular weight excluding hydrogens is 444 g/mol. The Morgan fingerprint density at radius 2 is 1.88 bits per heavy atom. The predicted octanol–water partition coefficient (Wildman–Crippen LogP) is 4.61. The number of hydrogen-bond acceptors (Lipinski definition) is 11. The van der Waals surface area contributed by atoms with Crippen molar-refractivity contribution < 1.29 is 9.85 Å². The maximum atomic E-state index is 11.3. The first-order valence-electron chi connectivity index (χ1n) is 9.68. The molecule has 4 aromatic rings. The number of hydrogen-bond donors (Lipinski definition) is 3. The molecule has 34 heavy (non-hydrogen) atoms. The SMILES string of the molecule is C/C(=N\Nc1ccc([N+](=O)[O-])cc1[N+](=O)[O-])c1cccc(/N=N/c2c(N)ccc3nn[nH]c23)c1. The number of azo groups is 1. The molecule has 0 aliphatic rings. The number of anilines is 2. The Bertz CT molecular complexity index is 1480. The third kappa shape index (κ3) is 4.50.